The Hall–Kier alpha value is -2.96. The molecular weight excluding hydrogens is 316 g/mol. The van der Waals surface area contributed by atoms with E-state index in [9.17, 15) is 4.79 Å². The summed E-state index contributed by atoms with van der Waals surface area (Å²) in [7, 11) is 0. The van der Waals surface area contributed by atoms with Crippen LogP contribution in [-0.4, -0.2) is 30.5 Å². The molecule has 7 heteroatoms. The fraction of sp³-hybridized carbons (Fsp3) is 0.333. The van der Waals surface area contributed by atoms with E-state index >= 15 is 0 Å². The van der Waals surface area contributed by atoms with Gasteiger partial charge >= 0.3 is 0 Å². The summed E-state index contributed by atoms with van der Waals surface area (Å²) in [5.41, 5.74) is 2.45. The molecule has 130 valence electrons. The van der Waals surface area contributed by atoms with Crippen molar-refractivity contribution in [3.05, 3.63) is 59.8 Å². The van der Waals surface area contributed by atoms with Gasteiger partial charge in [0.2, 0.25) is 0 Å². The summed E-state index contributed by atoms with van der Waals surface area (Å²) in [5, 5.41) is 11.6. The van der Waals surface area contributed by atoms with Crippen molar-refractivity contribution in [2.45, 2.75) is 39.8 Å². The van der Waals surface area contributed by atoms with Crippen LogP contribution in [-0.2, 0) is 0 Å². The van der Waals surface area contributed by atoms with Gasteiger partial charge in [0.1, 0.15) is 0 Å². The van der Waals surface area contributed by atoms with E-state index in [1.54, 1.807) is 34.2 Å². The molecule has 3 heterocycles. The second-order valence-corrected chi connectivity index (χ2v) is 6.28. The number of aromatic nitrogens is 5. The highest BCUT2D eigenvalue weighted by Crippen LogP contribution is 2.19. The van der Waals surface area contributed by atoms with Crippen LogP contribution in [0.5, 0.6) is 0 Å². The number of pyridine rings is 1. The van der Waals surface area contributed by atoms with E-state index in [4.69, 9.17) is 0 Å². The Bertz CT molecular complexity index is 865. The highest BCUT2D eigenvalue weighted by atomic mass is 16.1. The molecule has 0 aliphatic carbocycles. The maximum Gasteiger partial charge on any atom is 0.254 e. The third kappa shape index (κ3) is 3.45. The maximum absolute atomic E-state index is 12.4. The minimum Gasteiger partial charge on any atom is -0.345 e. The molecule has 0 bridgehead atoms. The smallest absolute Gasteiger partial charge is 0.254 e. The minimum absolute atomic E-state index is 0.149. The Labute approximate surface area is 146 Å². The molecule has 0 spiro atoms. The van der Waals surface area contributed by atoms with E-state index < -0.39 is 0 Å². The molecular formula is C18H22N6O. The van der Waals surface area contributed by atoms with E-state index in [0.717, 1.165) is 17.1 Å². The number of amides is 1. The van der Waals surface area contributed by atoms with Crippen LogP contribution in [0, 0.1) is 6.92 Å². The first kappa shape index (κ1) is 16.9. The zero-order chi connectivity index (χ0) is 18.0. The van der Waals surface area contributed by atoms with E-state index in [0.29, 0.717) is 5.56 Å². The van der Waals surface area contributed by atoms with Crippen LogP contribution < -0.4 is 5.32 Å². The summed E-state index contributed by atoms with van der Waals surface area (Å²) in [6, 6.07) is 5.72. The van der Waals surface area contributed by atoms with Gasteiger partial charge in [0.25, 0.3) is 5.91 Å². The summed E-state index contributed by atoms with van der Waals surface area (Å²) in [4.78, 5) is 16.8. The average Bonchev–Trinajstić information content (AvgIpc) is 3.22. The largest absolute Gasteiger partial charge is 0.345 e. The molecule has 25 heavy (non-hydrogen) atoms. The number of carbonyl (C=O) groups is 1. The zero-order valence-electron chi connectivity index (χ0n) is 14.8. The van der Waals surface area contributed by atoms with Crippen molar-refractivity contribution in [2.75, 3.05) is 0 Å². The molecule has 3 rings (SSSR count). The van der Waals surface area contributed by atoms with Gasteiger partial charge in [-0.2, -0.15) is 10.2 Å². The molecule has 0 aliphatic heterocycles. The quantitative estimate of drug-likeness (QED) is 0.776. The molecule has 1 amide bonds. The first-order valence-corrected chi connectivity index (χ1v) is 8.28. The number of nitrogens with one attached hydrogen (secondary N) is 1. The van der Waals surface area contributed by atoms with E-state index in [-0.39, 0.29) is 18.0 Å². The first-order chi connectivity index (χ1) is 12.0. The predicted octanol–water partition coefficient (Wildman–Crippen LogP) is 2.84. The minimum atomic E-state index is -0.174. The molecule has 7 nitrogen and oxygen atoms in total. The average molecular weight is 338 g/mol. The Morgan fingerprint density at radius 3 is 2.60 bits per heavy atom. The molecule has 0 saturated carbocycles. The van der Waals surface area contributed by atoms with Gasteiger partial charge in [0.15, 0.2) is 5.82 Å². The van der Waals surface area contributed by atoms with Crippen molar-refractivity contribution in [3.63, 3.8) is 0 Å². The molecule has 0 saturated heterocycles. The van der Waals surface area contributed by atoms with Crippen molar-refractivity contribution < 1.29 is 4.79 Å². The first-order valence-electron chi connectivity index (χ1n) is 8.28. The SMILES string of the molecule is Cc1c(C(C)NC(=O)c2cnn(C(C)C)c2)cnn1-c1ccccn1. The van der Waals surface area contributed by atoms with Gasteiger partial charge in [0, 0.05) is 29.7 Å². The molecule has 1 N–H and O–H groups in total. The Morgan fingerprint density at radius 1 is 1.16 bits per heavy atom. The fourth-order valence-electron chi connectivity index (χ4n) is 2.65. The number of nitrogens with zero attached hydrogens (tertiary/aromatic N) is 5. The summed E-state index contributed by atoms with van der Waals surface area (Å²) < 4.78 is 3.54. The normalized spacial score (nSPS) is 12.4. The Morgan fingerprint density at radius 2 is 1.96 bits per heavy atom. The summed E-state index contributed by atoms with van der Waals surface area (Å²) in [6.07, 6.45) is 6.85. The Kier molecular flexibility index (Phi) is 4.65. The number of hydrogen-bond acceptors (Lipinski definition) is 4. The molecule has 0 aromatic carbocycles. The molecule has 0 aliphatic rings. The van der Waals surface area contributed by atoms with Gasteiger partial charge in [-0.25, -0.2) is 9.67 Å². The van der Waals surface area contributed by atoms with Crippen LogP contribution in [0.1, 0.15) is 54.5 Å². The molecule has 0 fully saturated rings. The van der Waals surface area contributed by atoms with Crippen LogP contribution in [0.15, 0.2) is 43.0 Å². The van der Waals surface area contributed by atoms with Gasteiger partial charge in [-0.05, 0) is 39.8 Å². The van der Waals surface area contributed by atoms with Crippen LogP contribution in [0.4, 0.5) is 0 Å². The van der Waals surface area contributed by atoms with E-state index in [1.165, 1.54) is 0 Å². The van der Waals surface area contributed by atoms with Crippen LogP contribution in [0.25, 0.3) is 5.82 Å². The van der Waals surface area contributed by atoms with Crippen LogP contribution in [0.3, 0.4) is 0 Å². The highest BCUT2D eigenvalue weighted by molar-refractivity contribution is 5.93. The standard InChI is InChI=1S/C18H22N6O/c1-12(2)23-11-15(9-20-23)18(25)22-13(3)16-10-21-24(14(16)4)17-7-5-6-8-19-17/h5-13H,1-4H3,(H,22,25). The van der Waals surface area contributed by atoms with Gasteiger partial charge in [-0.1, -0.05) is 6.07 Å². The second kappa shape index (κ2) is 6.88. The topological polar surface area (TPSA) is 77.6 Å². The van der Waals surface area contributed by atoms with Gasteiger partial charge in [-0.3, -0.25) is 9.48 Å². The fourth-order valence-corrected chi connectivity index (χ4v) is 2.65. The van der Waals surface area contributed by atoms with Crippen molar-refractivity contribution in [1.29, 1.82) is 0 Å². The molecule has 1 unspecified atom stereocenters. The maximum atomic E-state index is 12.4. The predicted molar refractivity (Wildman–Crippen MR) is 94.6 cm³/mol. The summed E-state index contributed by atoms with van der Waals surface area (Å²) >= 11 is 0. The number of rotatable bonds is 5. The third-order valence-corrected chi connectivity index (χ3v) is 4.12. The molecule has 0 radical (unpaired) electrons. The van der Waals surface area contributed by atoms with Crippen molar-refractivity contribution in [3.8, 4) is 5.82 Å². The van der Waals surface area contributed by atoms with Crippen LogP contribution >= 0.6 is 0 Å². The summed E-state index contributed by atoms with van der Waals surface area (Å²) in [5.74, 6) is 0.604. The van der Waals surface area contributed by atoms with Crippen molar-refractivity contribution in [1.82, 2.24) is 29.9 Å². The third-order valence-electron chi connectivity index (χ3n) is 4.12. The number of carbonyl (C=O) groups excluding carboxylic acids is 1. The van der Waals surface area contributed by atoms with Gasteiger partial charge in [0.05, 0.1) is 24.0 Å². The molecule has 3 aromatic rings. The van der Waals surface area contributed by atoms with Crippen molar-refractivity contribution >= 4 is 5.91 Å². The lowest BCUT2D eigenvalue weighted by molar-refractivity contribution is 0.0939. The van der Waals surface area contributed by atoms with Crippen molar-refractivity contribution in [2.24, 2.45) is 0 Å². The van der Waals surface area contributed by atoms with Crippen LogP contribution in [0.2, 0.25) is 0 Å². The monoisotopic (exact) mass is 338 g/mol. The Balaban J connectivity index is 1.76. The highest BCUT2D eigenvalue weighted by Gasteiger charge is 2.18. The van der Waals surface area contributed by atoms with E-state index in [2.05, 4.69) is 20.5 Å². The molecule has 1 atom stereocenters. The second-order valence-electron chi connectivity index (χ2n) is 6.28. The summed E-state index contributed by atoms with van der Waals surface area (Å²) in [6.45, 7) is 7.95. The van der Waals surface area contributed by atoms with Gasteiger partial charge in [-0.15, -0.1) is 0 Å². The lowest BCUT2D eigenvalue weighted by Crippen LogP contribution is -2.26. The zero-order valence-corrected chi connectivity index (χ0v) is 14.8. The van der Waals surface area contributed by atoms with Gasteiger partial charge < -0.3 is 5.32 Å². The lowest BCUT2D eigenvalue weighted by Gasteiger charge is -2.13. The number of hydrogen-bond donors (Lipinski definition) is 1. The lowest BCUT2D eigenvalue weighted by atomic mass is 10.1. The molecule has 3 aromatic heterocycles. The van der Waals surface area contributed by atoms with E-state index in [1.807, 2.05) is 45.9 Å².